The number of benzene rings is 1. The second-order valence-electron chi connectivity index (χ2n) is 5.83. The Morgan fingerprint density at radius 3 is 2.95 bits per heavy atom. The molecule has 2 N–H and O–H groups in total. The van der Waals surface area contributed by atoms with E-state index in [1.807, 2.05) is 25.1 Å². The molecular weight excluding hydrogens is 248 g/mol. The molecule has 0 bridgehead atoms. The van der Waals surface area contributed by atoms with Crippen LogP contribution in [0.25, 0.3) is 10.9 Å². The summed E-state index contributed by atoms with van der Waals surface area (Å²) in [4.78, 5) is 15.7. The number of fused-ring (bicyclic) bond motifs is 3. The molecule has 0 radical (unpaired) electrons. The molecular formula is C17H22N2O. The van der Waals surface area contributed by atoms with Crippen LogP contribution in [0.2, 0.25) is 0 Å². The molecule has 1 aromatic carbocycles. The Morgan fingerprint density at radius 2 is 2.15 bits per heavy atom. The highest BCUT2D eigenvalue weighted by molar-refractivity contribution is 5.99. The Labute approximate surface area is 119 Å². The van der Waals surface area contributed by atoms with Gasteiger partial charge in [-0.1, -0.05) is 6.92 Å². The van der Waals surface area contributed by atoms with Crippen molar-refractivity contribution in [2.75, 3.05) is 0 Å². The number of H-pyrrole nitrogens is 1. The molecule has 1 aliphatic carbocycles. The van der Waals surface area contributed by atoms with Gasteiger partial charge in [0, 0.05) is 28.2 Å². The third-order valence-electron chi connectivity index (χ3n) is 4.35. The number of carbonyl (C=O) groups excluding carboxylic acids is 1. The number of aromatic amines is 1. The first-order valence-corrected chi connectivity index (χ1v) is 7.63. The van der Waals surface area contributed by atoms with E-state index in [0.29, 0.717) is 0 Å². The zero-order chi connectivity index (χ0) is 14.1. The topological polar surface area (TPSA) is 44.9 Å². The predicted molar refractivity (Wildman–Crippen MR) is 82.2 cm³/mol. The molecule has 20 heavy (non-hydrogen) atoms. The quantitative estimate of drug-likeness (QED) is 0.879. The number of hydrogen-bond donors (Lipinski definition) is 2. The van der Waals surface area contributed by atoms with Crippen LogP contribution in [0.15, 0.2) is 18.2 Å². The molecule has 106 valence electrons. The van der Waals surface area contributed by atoms with Crippen molar-refractivity contribution >= 4 is 16.8 Å². The van der Waals surface area contributed by atoms with Gasteiger partial charge in [-0.05, 0) is 62.8 Å². The standard InChI is InChI=1S/C17H22N2O/c1-3-11(2)18-17(20)12-8-9-16-14(10-12)13-6-4-5-7-15(13)19-16/h8-11,19H,3-7H2,1-2H3,(H,18,20)/t11-/m0/s1. The third kappa shape index (κ3) is 2.33. The maximum absolute atomic E-state index is 12.2. The number of aryl methyl sites for hydroxylation is 2. The van der Waals surface area contributed by atoms with Crippen LogP contribution >= 0.6 is 0 Å². The largest absolute Gasteiger partial charge is 0.358 e. The Morgan fingerprint density at radius 1 is 1.35 bits per heavy atom. The second kappa shape index (κ2) is 5.31. The minimum absolute atomic E-state index is 0.0343. The lowest BCUT2D eigenvalue weighted by Gasteiger charge is -2.12. The summed E-state index contributed by atoms with van der Waals surface area (Å²) in [5.41, 5.74) is 4.72. The molecule has 1 aromatic heterocycles. The Hall–Kier alpha value is -1.77. The van der Waals surface area contributed by atoms with E-state index in [4.69, 9.17) is 0 Å². The van der Waals surface area contributed by atoms with Crippen molar-refractivity contribution in [1.29, 1.82) is 0 Å². The van der Waals surface area contributed by atoms with Gasteiger partial charge in [-0.15, -0.1) is 0 Å². The van der Waals surface area contributed by atoms with Crippen molar-refractivity contribution in [2.24, 2.45) is 0 Å². The number of carbonyl (C=O) groups is 1. The van der Waals surface area contributed by atoms with Crippen molar-refractivity contribution in [3.63, 3.8) is 0 Å². The molecule has 0 aliphatic heterocycles. The summed E-state index contributed by atoms with van der Waals surface area (Å²) < 4.78 is 0. The summed E-state index contributed by atoms with van der Waals surface area (Å²) >= 11 is 0. The molecule has 1 atom stereocenters. The average Bonchev–Trinajstić information content (AvgIpc) is 2.84. The van der Waals surface area contributed by atoms with E-state index in [1.165, 1.54) is 29.5 Å². The summed E-state index contributed by atoms with van der Waals surface area (Å²) in [6.07, 6.45) is 5.74. The summed E-state index contributed by atoms with van der Waals surface area (Å²) in [6, 6.07) is 6.23. The molecule has 0 saturated heterocycles. The average molecular weight is 270 g/mol. The van der Waals surface area contributed by atoms with E-state index in [0.717, 1.165) is 30.3 Å². The van der Waals surface area contributed by atoms with Crippen LogP contribution < -0.4 is 5.32 Å². The van der Waals surface area contributed by atoms with Crippen LogP contribution in [0.4, 0.5) is 0 Å². The maximum Gasteiger partial charge on any atom is 0.251 e. The van der Waals surface area contributed by atoms with E-state index in [-0.39, 0.29) is 11.9 Å². The predicted octanol–water partition coefficient (Wildman–Crippen LogP) is 3.58. The van der Waals surface area contributed by atoms with E-state index < -0.39 is 0 Å². The van der Waals surface area contributed by atoms with Crippen LogP contribution in [0, 0.1) is 0 Å². The van der Waals surface area contributed by atoms with Crippen LogP contribution in [0.5, 0.6) is 0 Å². The summed E-state index contributed by atoms with van der Waals surface area (Å²) in [6.45, 7) is 4.12. The van der Waals surface area contributed by atoms with Gasteiger partial charge in [0.25, 0.3) is 5.91 Å². The Kier molecular flexibility index (Phi) is 3.51. The molecule has 0 saturated carbocycles. The lowest BCUT2D eigenvalue weighted by atomic mass is 9.95. The SMILES string of the molecule is CC[C@H](C)NC(=O)c1ccc2[nH]c3c(c2c1)CCCC3. The first-order chi connectivity index (χ1) is 9.69. The first-order valence-electron chi connectivity index (χ1n) is 7.63. The van der Waals surface area contributed by atoms with Crippen molar-refractivity contribution in [3.05, 3.63) is 35.0 Å². The Bertz CT molecular complexity index is 642. The van der Waals surface area contributed by atoms with Gasteiger partial charge in [0.05, 0.1) is 0 Å². The summed E-state index contributed by atoms with van der Waals surface area (Å²) in [5, 5.41) is 4.27. The van der Waals surface area contributed by atoms with Crippen molar-refractivity contribution in [2.45, 2.75) is 52.0 Å². The van der Waals surface area contributed by atoms with E-state index in [2.05, 4.69) is 17.2 Å². The van der Waals surface area contributed by atoms with Gasteiger partial charge in [-0.3, -0.25) is 4.79 Å². The van der Waals surface area contributed by atoms with Crippen molar-refractivity contribution in [3.8, 4) is 0 Å². The summed E-state index contributed by atoms with van der Waals surface area (Å²) in [7, 11) is 0. The molecule has 0 fully saturated rings. The fraction of sp³-hybridized carbons (Fsp3) is 0.471. The van der Waals surface area contributed by atoms with Gasteiger partial charge in [0.1, 0.15) is 0 Å². The Balaban J connectivity index is 1.95. The molecule has 3 heteroatoms. The fourth-order valence-corrected chi connectivity index (χ4v) is 2.96. The smallest absolute Gasteiger partial charge is 0.251 e. The van der Waals surface area contributed by atoms with Crippen LogP contribution in [-0.2, 0) is 12.8 Å². The monoisotopic (exact) mass is 270 g/mol. The van der Waals surface area contributed by atoms with Crippen molar-refractivity contribution < 1.29 is 4.79 Å². The number of hydrogen-bond acceptors (Lipinski definition) is 1. The highest BCUT2D eigenvalue weighted by Crippen LogP contribution is 2.29. The van der Waals surface area contributed by atoms with Crippen LogP contribution in [0.3, 0.4) is 0 Å². The number of rotatable bonds is 3. The number of amides is 1. The molecule has 0 spiro atoms. The molecule has 0 unspecified atom stereocenters. The van der Waals surface area contributed by atoms with E-state index in [1.54, 1.807) is 0 Å². The lowest BCUT2D eigenvalue weighted by Crippen LogP contribution is -2.31. The molecule has 1 aliphatic rings. The minimum atomic E-state index is 0.0343. The zero-order valence-corrected chi connectivity index (χ0v) is 12.3. The van der Waals surface area contributed by atoms with Crippen LogP contribution in [-0.4, -0.2) is 16.9 Å². The molecule has 3 nitrogen and oxygen atoms in total. The maximum atomic E-state index is 12.2. The second-order valence-corrected chi connectivity index (χ2v) is 5.83. The van der Waals surface area contributed by atoms with Crippen molar-refractivity contribution in [1.82, 2.24) is 10.3 Å². The first kappa shape index (κ1) is 13.2. The van der Waals surface area contributed by atoms with Gasteiger partial charge in [-0.2, -0.15) is 0 Å². The van der Waals surface area contributed by atoms with E-state index >= 15 is 0 Å². The third-order valence-corrected chi connectivity index (χ3v) is 4.35. The minimum Gasteiger partial charge on any atom is -0.358 e. The number of aromatic nitrogens is 1. The molecule has 2 aromatic rings. The van der Waals surface area contributed by atoms with Gasteiger partial charge in [-0.25, -0.2) is 0 Å². The highest BCUT2D eigenvalue weighted by Gasteiger charge is 2.17. The number of nitrogens with one attached hydrogen (secondary N) is 2. The van der Waals surface area contributed by atoms with Gasteiger partial charge < -0.3 is 10.3 Å². The van der Waals surface area contributed by atoms with Gasteiger partial charge in [0.15, 0.2) is 0 Å². The normalized spacial score (nSPS) is 15.9. The molecule has 3 rings (SSSR count). The fourth-order valence-electron chi connectivity index (χ4n) is 2.96. The lowest BCUT2D eigenvalue weighted by molar-refractivity contribution is 0.0939. The zero-order valence-electron chi connectivity index (χ0n) is 12.3. The van der Waals surface area contributed by atoms with Crippen LogP contribution in [0.1, 0.15) is 54.7 Å². The van der Waals surface area contributed by atoms with Gasteiger partial charge in [0.2, 0.25) is 0 Å². The highest BCUT2D eigenvalue weighted by atomic mass is 16.1. The summed E-state index contributed by atoms with van der Waals surface area (Å²) in [5.74, 6) is 0.0343. The molecule has 1 amide bonds. The molecule has 1 heterocycles. The van der Waals surface area contributed by atoms with Gasteiger partial charge >= 0.3 is 0 Å². The van der Waals surface area contributed by atoms with E-state index in [9.17, 15) is 4.79 Å².